The fourth-order valence-electron chi connectivity index (χ4n) is 1.35. The largest absolute Gasteiger partial charge is 0.396 e. The molecule has 1 rings (SSSR count). The number of nitrogens with two attached hydrogens (primary N) is 1. The van der Waals surface area contributed by atoms with E-state index in [0.717, 1.165) is 28.6 Å². The van der Waals surface area contributed by atoms with E-state index in [0.29, 0.717) is 5.82 Å². The van der Waals surface area contributed by atoms with E-state index in [1.807, 2.05) is 6.92 Å². The molecular weight excluding hydrogens is 248 g/mol. The van der Waals surface area contributed by atoms with E-state index in [4.69, 9.17) is 10.9 Å². The summed E-state index contributed by atoms with van der Waals surface area (Å²) in [5, 5.41) is 9.75. The first-order chi connectivity index (χ1) is 8.40. The van der Waals surface area contributed by atoms with Crippen LogP contribution in [0.25, 0.3) is 0 Å². The van der Waals surface area contributed by atoms with E-state index < -0.39 is 0 Å². The van der Waals surface area contributed by atoms with Gasteiger partial charge in [-0.3, -0.25) is 0 Å². The van der Waals surface area contributed by atoms with E-state index in [1.165, 1.54) is 0 Å². The first-order valence-corrected chi connectivity index (χ1v) is 6.98. The Kier molecular flexibility index (Phi) is 5.37. The maximum Gasteiger partial charge on any atom is 0.147 e. The molecular formula is C12H22N4OS. The van der Waals surface area contributed by atoms with Gasteiger partial charge in [-0.1, -0.05) is 20.8 Å². The molecule has 0 spiro atoms. The van der Waals surface area contributed by atoms with Gasteiger partial charge in [0.25, 0.3) is 0 Å². The van der Waals surface area contributed by atoms with Crippen molar-refractivity contribution in [2.24, 2.45) is 5.84 Å². The average Bonchev–Trinajstić information content (AvgIpc) is 2.30. The van der Waals surface area contributed by atoms with Gasteiger partial charge < -0.3 is 10.5 Å². The van der Waals surface area contributed by atoms with Crippen molar-refractivity contribution < 1.29 is 5.11 Å². The predicted octanol–water partition coefficient (Wildman–Crippen LogP) is 1.84. The molecule has 0 unspecified atom stereocenters. The van der Waals surface area contributed by atoms with Crippen LogP contribution in [0.4, 0.5) is 5.82 Å². The number of aromatic nitrogens is 2. The van der Waals surface area contributed by atoms with Crippen molar-refractivity contribution in [3.8, 4) is 0 Å². The Balaban J connectivity index is 3.07. The predicted molar refractivity (Wildman–Crippen MR) is 75.7 cm³/mol. The summed E-state index contributed by atoms with van der Waals surface area (Å²) in [5.41, 5.74) is 3.46. The first-order valence-electron chi connectivity index (χ1n) is 5.99. The van der Waals surface area contributed by atoms with Crippen molar-refractivity contribution in [2.75, 3.05) is 17.8 Å². The van der Waals surface area contributed by atoms with Crippen molar-refractivity contribution >= 4 is 17.6 Å². The number of nitrogens with zero attached hydrogens (tertiary/aromatic N) is 2. The fraction of sp³-hybridized carbons (Fsp3) is 0.667. The van der Waals surface area contributed by atoms with E-state index >= 15 is 0 Å². The second kappa shape index (κ2) is 6.36. The van der Waals surface area contributed by atoms with Crippen molar-refractivity contribution in [1.29, 1.82) is 0 Å². The number of aliphatic hydroxyl groups is 1. The van der Waals surface area contributed by atoms with Gasteiger partial charge in [0, 0.05) is 23.3 Å². The zero-order valence-electron chi connectivity index (χ0n) is 11.4. The zero-order valence-corrected chi connectivity index (χ0v) is 12.3. The average molecular weight is 270 g/mol. The highest BCUT2D eigenvalue weighted by molar-refractivity contribution is 7.99. The van der Waals surface area contributed by atoms with Crippen LogP contribution in [0.15, 0.2) is 5.03 Å². The minimum Gasteiger partial charge on any atom is -0.396 e. The number of hydrazine groups is 1. The van der Waals surface area contributed by atoms with Crippen LogP contribution >= 0.6 is 11.8 Å². The van der Waals surface area contributed by atoms with Gasteiger partial charge in [0.15, 0.2) is 0 Å². The molecule has 102 valence electrons. The molecule has 5 nitrogen and oxygen atoms in total. The number of anilines is 1. The number of thioether (sulfide) groups is 1. The summed E-state index contributed by atoms with van der Waals surface area (Å²) in [6.07, 6.45) is 0.754. The van der Waals surface area contributed by atoms with E-state index in [-0.39, 0.29) is 12.0 Å². The van der Waals surface area contributed by atoms with Crippen LogP contribution in [0.2, 0.25) is 0 Å². The molecule has 1 aromatic heterocycles. The second-order valence-corrected chi connectivity index (χ2v) is 6.23. The van der Waals surface area contributed by atoms with Gasteiger partial charge in [-0.2, -0.15) is 0 Å². The van der Waals surface area contributed by atoms with Crippen molar-refractivity contribution in [3.05, 3.63) is 11.4 Å². The third-order valence-corrected chi connectivity index (χ3v) is 3.61. The molecule has 0 bridgehead atoms. The number of nitrogens with one attached hydrogen (secondary N) is 1. The SMILES string of the molecule is Cc1c(NN)nc(C(C)(C)C)nc1SCCCO. The molecule has 0 fully saturated rings. The molecule has 0 atom stereocenters. The smallest absolute Gasteiger partial charge is 0.147 e. The number of hydrogen-bond donors (Lipinski definition) is 3. The minimum atomic E-state index is -0.119. The molecule has 1 aromatic rings. The Morgan fingerprint density at radius 1 is 1.33 bits per heavy atom. The molecule has 6 heteroatoms. The zero-order chi connectivity index (χ0) is 13.8. The third-order valence-electron chi connectivity index (χ3n) is 2.45. The lowest BCUT2D eigenvalue weighted by Gasteiger charge is -2.20. The van der Waals surface area contributed by atoms with Gasteiger partial charge in [0.1, 0.15) is 16.7 Å². The molecule has 1 heterocycles. The van der Waals surface area contributed by atoms with Gasteiger partial charge in [0.05, 0.1) is 0 Å². The lowest BCUT2D eigenvalue weighted by Crippen LogP contribution is -2.20. The van der Waals surface area contributed by atoms with Gasteiger partial charge >= 0.3 is 0 Å². The molecule has 0 saturated carbocycles. The highest BCUT2D eigenvalue weighted by atomic mass is 32.2. The monoisotopic (exact) mass is 270 g/mol. The first kappa shape index (κ1) is 15.2. The molecule has 18 heavy (non-hydrogen) atoms. The van der Waals surface area contributed by atoms with Gasteiger partial charge in [0.2, 0.25) is 0 Å². The molecule has 0 saturated heterocycles. The molecule has 4 N–H and O–H groups in total. The Morgan fingerprint density at radius 3 is 2.50 bits per heavy atom. The summed E-state index contributed by atoms with van der Waals surface area (Å²) < 4.78 is 0. The topological polar surface area (TPSA) is 84.1 Å². The summed E-state index contributed by atoms with van der Waals surface area (Å²) in [5.74, 6) is 7.77. The van der Waals surface area contributed by atoms with Crippen LogP contribution in [0.1, 0.15) is 38.6 Å². The van der Waals surface area contributed by atoms with E-state index in [9.17, 15) is 0 Å². The van der Waals surface area contributed by atoms with Crippen LogP contribution in [-0.2, 0) is 5.41 Å². The maximum atomic E-state index is 8.82. The summed E-state index contributed by atoms with van der Waals surface area (Å²) in [7, 11) is 0. The lowest BCUT2D eigenvalue weighted by atomic mass is 9.95. The van der Waals surface area contributed by atoms with Crippen LogP contribution in [0.3, 0.4) is 0 Å². The lowest BCUT2D eigenvalue weighted by molar-refractivity contribution is 0.296. The number of hydrogen-bond acceptors (Lipinski definition) is 6. The van der Waals surface area contributed by atoms with Crippen LogP contribution in [-0.4, -0.2) is 27.4 Å². The number of aliphatic hydroxyl groups excluding tert-OH is 1. The molecule has 0 aliphatic rings. The molecule has 0 aromatic carbocycles. The standard InChI is InChI=1S/C12H22N4OS/c1-8-9(16-13)14-11(12(2,3)4)15-10(8)18-7-5-6-17/h17H,5-7,13H2,1-4H3,(H,14,15,16). The molecule has 0 amide bonds. The Morgan fingerprint density at radius 2 is 2.00 bits per heavy atom. The van der Waals surface area contributed by atoms with Crippen molar-refractivity contribution in [1.82, 2.24) is 9.97 Å². The van der Waals surface area contributed by atoms with E-state index in [1.54, 1.807) is 11.8 Å². The van der Waals surface area contributed by atoms with Crippen LogP contribution in [0, 0.1) is 6.92 Å². The molecule has 0 aliphatic heterocycles. The number of rotatable bonds is 5. The van der Waals surface area contributed by atoms with Crippen LogP contribution in [0.5, 0.6) is 0 Å². The Labute approximate surface area is 113 Å². The maximum absolute atomic E-state index is 8.82. The van der Waals surface area contributed by atoms with Crippen molar-refractivity contribution in [2.45, 2.75) is 44.6 Å². The van der Waals surface area contributed by atoms with Gasteiger partial charge in [-0.25, -0.2) is 15.8 Å². The fourth-order valence-corrected chi connectivity index (χ4v) is 2.28. The van der Waals surface area contributed by atoms with Gasteiger partial charge in [-0.05, 0) is 13.3 Å². The van der Waals surface area contributed by atoms with Crippen LogP contribution < -0.4 is 11.3 Å². The number of nitrogen functional groups attached to an aromatic ring is 1. The molecule has 0 radical (unpaired) electrons. The van der Waals surface area contributed by atoms with E-state index in [2.05, 4.69) is 36.2 Å². The summed E-state index contributed by atoms with van der Waals surface area (Å²) >= 11 is 1.62. The summed E-state index contributed by atoms with van der Waals surface area (Å²) in [6.45, 7) is 8.36. The normalized spacial score (nSPS) is 11.7. The summed E-state index contributed by atoms with van der Waals surface area (Å²) in [4.78, 5) is 9.04. The highest BCUT2D eigenvalue weighted by Gasteiger charge is 2.21. The van der Waals surface area contributed by atoms with Crippen molar-refractivity contribution in [3.63, 3.8) is 0 Å². The molecule has 0 aliphatic carbocycles. The highest BCUT2D eigenvalue weighted by Crippen LogP contribution is 2.28. The third kappa shape index (κ3) is 3.83. The van der Waals surface area contributed by atoms with Gasteiger partial charge in [-0.15, -0.1) is 11.8 Å². The Hall–Kier alpha value is -0.850. The Bertz CT molecular complexity index is 404. The minimum absolute atomic E-state index is 0.119. The quantitative estimate of drug-likeness (QED) is 0.249. The second-order valence-electron chi connectivity index (χ2n) is 5.15. The summed E-state index contributed by atoms with van der Waals surface area (Å²) in [6, 6.07) is 0.